The van der Waals surface area contributed by atoms with E-state index in [9.17, 15) is 4.79 Å². The molecule has 1 saturated heterocycles. The molecule has 0 aromatic carbocycles. The summed E-state index contributed by atoms with van der Waals surface area (Å²) in [5.41, 5.74) is 1.75. The summed E-state index contributed by atoms with van der Waals surface area (Å²) in [7, 11) is 1.81. The number of pyridine rings is 1. The summed E-state index contributed by atoms with van der Waals surface area (Å²) < 4.78 is 5.57. The molecule has 2 aromatic rings. The number of morpholine rings is 1. The van der Waals surface area contributed by atoms with E-state index in [0.29, 0.717) is 32.0 Å². The summed E-state index contributed by atoms with van der Waals surface area (Å²) >= 11 is 0. The van der Waals surface area contributed by atoms with Gasteiger partial charge < -0.3 is 15.0 Å². The second-order valence-electron chi connectivity index (χ2n) is 5.72. The summed E-state index contributed by atoms with van der Waals surface area (Å²) in [6.07, 6.45) is 3.73. The second-order valence-corrected chi connectivity index (χ2v) is 5.72. The molecular formula is C17H21N5O2. The van der Waals surface area contributed by atoms with Crippen molar-refractivity contribution in [3.05, 3.63) is 47.7 Å². The normalized spacial score (nSPS) is 17.6. The summed E-state index contributed by atoms with van der Waals surface area (Å²) in [5.74, 6) is 1.38. The van der Waals surface area contributed by atoms with E-state index in [2.05, 4.69) is 20.3 Å². The Bertz CT molecular complexity index is 707. The molecule has 0 radical (unpaired) electrons. The van der Waals surface area contributed by atoms with E-state index < -0.39 is 0 Å². The minimum atomic E-state index is -0.269. The van der Waals surface area contributed by atoms with Crippen molar-refractivity contribution in [2.75, 3.05) is 32.1 Å². The molecule has 1 atom stereocenters. The van der Waals surface area contributed by atoms with Crippen molar-refractivity contribution in [1.29, 1.82) is 0 Å². The van der Waals surface area contributed by atoms with E-state index in [-0.39, 0.29) is 11.9 Å². The lowest BCUT2D eigenvalue weighted by atomic mass is 10.1. The summed E-state index contributed by atoms with van der Waals surface area (Å²) in [6.45, 7) is 3.39. The van der Waals surface area contributed by atoms with Crippen LogP contribution >= 0.6 is 0 Å². The highest BCUT2D eigenvalue weighted by molar-refractivity contribution is 5.79. The maximum Gasteiger partial charge on any atom is 0.227 e. The number of amides is 1. The number of aryl methyl sites for hydroxylation is 1. The van der Waals surface area contributed by atoms with Gasteiger partial charge in [0.1, 0.15) is 11.9 Å². The third-order valence-corrected chi connectivity index (χ3v) is 3.95. The molecule has 1 fully saturated rings. The van der Waals surface area contributed by atoms with Crippen LogP contribution in [0.25, 0.3) is 0 Å². The van der Waals surface area contributed by atoms with Crippen LogP contribution in [0, 0.1) is 6.92 Å². The maximum atomic E-state index is 12.8. The molecule has 3 heterocycles. The monoisotopic (exact) mass is 327 g/mol. The number of anilines is 1. The molecule has 2 aromatic heterocycles. The zero-order valence-corrected chi connectivity index (χ0v) is 13.9. The lowest BCUT2D eigenvalue weighted by molar-refractivity contribution is -0.139. The Labute approximate surface area is 141 Å². The summed E-state index contributed by atoms with van der Waals surface area (Å²) in [5, 5.41) is 3.03. The summed E-state index contributed by atoms with van der Waals surface area (Å²) in [6, 6.07) is 5.34. The number of carbonyl (C=O) groups is 1. The average Bonchev–Trinajstić information content (AvgIpc) is 2.62. The minimum Gasteiger partial charge on any atom is -0.377 e. The van der Waals surface area contributed by atoms with E-state index in [1.165, 1.54) is 0 Å². The first-order chi connectivity index (χ1) is 11.7. The Kier molecular flexibility index (Phi) is 5.00. The summed E-state index contributed by atoms with van der Waals surface area (Å²) in [4.78, 5) is 27.7. The van der Waals surface area contributed by atoms with E-state index in [0.717, 1.165) is 17.1 Å². The van der Waals surface area contributed by atoms with E-state index in [1.54, 1.807) is 12.4 Å². The highest BCUT2D eigenvalue weighted by Gasteiger charge is 2.31. The fourth-order valence-corrected chi connectivity index (χ4v) is 2.76. The first-order valence-electron chi connectivity index (χ1n) is 7.97. The third-order valence-electron chi connectivity index (χ3n) is 3.95. The minimum absolute atomic E-state index is 0.0346. The molecule has 0 unspecified atom stereocenters. The van der Waals surface area contributed by atoms with E-state index in [1.807, 2.05) is 37.1 Å². The van der Waals surface area contributed by atoms with Crippen molar-refractivity contribution in [3.63, 3.8) is 0 Å². The SMILES string of the molecule is CNc1cc(C)nc([C@@H]2COCCN2C(=O)Cc2cccnc2)n1. The van der Waals surface area contributed by atoms with Crippen molar-refractivity contribution in [3.8, 4) is 0 Å². The zero-order chi connectivity index (χ0) is 16.9. The highest BCUT2D eigenvalue weighted by Crippen LogP contribution is 2.23. The number of nitrogens with zero attached hydrogens (tertiary/aromatic N) is 4. The molecule has 0 spiro atoms. The number of ether oxygens (including phenoxy) is 1. The van der Waals surface area contributed by atoms with Gasteiger partial charge in [0.15, 0.2) is 5.82 Å². The van der Waals surface area contributed by atoms with Crippen LogP contribution in [0.1, 0.15) is 23.1 Å². The molecule has 0 saturated carbocycles. The molecule has 1 N–H and O–H groups in total. The fourth-order valence-electron chi connectivity index (χ4n) is 2.76. The van der Waals surface area contributed by atoms with Gasteiger partial charge in [-0.1, -0.05) is 6.07 Å². The molecule has 0 aliphatic carbocycles. The molecule has 7 heteroatoms. The van der Waals surface area contributed by atoms with Gasteiger partial charge in [0.25, 0.3) is 0 Å². The predicted molar refractivity (Wildman–Crippen MR) is 89.5 cm³/mol. The largest absolute Gasteiger partial charge is 0.377 e. The quantitative estimate of drug-likeness (QED) is 0.913. The van der Waals surface area contributed by atoms with Gasteiger partial charge >= 0.3 is 0 Å². The number of carbonyl (C=O) groups excluding carboxylic acids is 1. The van der Waals surface area contributed by atoms with Crippen LogP contribution in [-0.2, 0) is 16.0 Å². The standard InChI is InChI=1S/C17H21N5O2/c1-12-8-15(18-2)21-17(20-12)14-11-24-7-6-22(14)16(23)9-13-4-3-5-19-10-13/h3-5,8,10,14H,6-7,9,11H2,1-2H3,(H,18,20,21)/t14-/m0/s1. The van der Waals surface area contributed by atoms with Gasteiger partial charge in [-0.15, -0.1) is 0 Å². The van der Waals surface area contributed by atoms with Crippen LogP contribution in [-0.4, -0.2) is 52.6 Å². The van der Waals surface area contributed by atoms with Crippen LogP contribution in [0.15, 0.2) is 30.6 Å². The highest BCUT2D eigenvalue weighted by atomic mass is 16.5. The molecule has 7 nitrogen and oxygen atoms in total. The Morgan fingerprint density at radius 2 is 2.33 bits per heavy atom. The molecule has 126 valence electrons. The van der Waals surface area contributed by atoms with Gasteiger partial charge in [-0.05, 0) is 18.6 Å². The number of rotatable bonds is 4. The smallest absolute Gasteiger partial charge is 0.227 e. The zero-order valence-electron chi connectivity index (χ0n) is 13.9. The Hall–Kier alpha value is -2.54. The Morgan fingerprint density at radius 3 is 3.08 bits per heavy atom. The Balaban J connectivity index is 1.83. The van der Waals surface area contributed by atoms with Crippen molar-refractivity contribution in [1.82, 2.24) is 19.9 Å². The number of aromatic nitrogens is 3. The molecule has 3 rings (SSSR count). The van der Waals surface area contributed by atoms with Gasteiger partial charge in [0, 0.05) is 37.7 Å². The van der Waals surface area contributed by atoms with Crippen molar-refractivity contribution >= 4 is 11.7 Å². The van der Waals surface area contributed by atoms with Crippen molar-refractivity contribution < 1.29 is 9.53 Å². The lowest BCUT2D eigenvalue weighted by Crippen LogP contribution is -2.44. The van der Waals surface area contributed by atoms with Crippen molar-refractivity contribution in [2.45, 2.75) is 19.4 Å². The molecule has 1 aliphatic rings. The first-order valence-corrected chi connectivity index (χ1v) is 7.97. The van der Waals surface area contributed by atoms with Crippen LogP contribution < -0.4 is 5.32 Å². The van der Waals surface area contributed by atoms with Crippen LogP contribution in [0.3, 0.4) is 0 Å². The Morgan fingerprint density at radius 1 is 1.46 bits per heavy atom. The molecule has 24 heavy (non-hydrogen) atoms. The second kappa shape index (κ2) is 7.35. The topological polar surface area (TPSA) is 80.2 Å². The van der Waals surface area contributed by atoms with Crippen molar-refractivity contribution in [2.24, 2.45) is 0 Å². The molecule has 1 amide bonds. The third kappa shape index (κ3) is 3.68. The van der Waals surface area contributed by atoms with E-state index >= 15 is 0 Å². The molecule has 0 bridgehead atoms. The number of hydrogen-bond acceptors (Lipinski definition) is 6. The maximum absolute atomic E-state index is 12.8. The first kappa shape index (κ1) is 16.3. The van der Waals surface area contributed by atoms with Gasteiger partial charge in [-0.2, -0.15) is 0 Å². The average molecular weight is 327 g/mol. The predicted octanol–water partition coefficient (Wildman–Crippen LogP) is 1.36. The number of nitrogens with one attached hydrogen (secondary N) is 1. The van der Waals surface area contributed by atoms with Crippen LogP contribution in [0.4, 0.5) is 5.82 Å². The van der Waals surface area contributed by atoms with Gasteiger partial charge in [-0.25, -0.2) is 9.97 Å². The van der Waals surface area contributed by atoms with Gasteiger partial charge in [0.2, 0.25) is 5.91 Å². The molecule has 1 aliphatic heterocycles. The van der Waals surface area contributed by atoms with Crippen LogP contribution in [0.2, 0.25) is 0 Å². The van der Waals surface area contributed by atoms with E-state index in [4.69, 9.17) is 4.74 Å². The van der Waals surface area contributed by atoms with Gasteiger partial charge in [0.05, 0.1) is 19.6 Å². The number of hydrogen-bond donors (Lipinski definition) is 1. The fraction of sp³-hybridized carbons (Fsp3) is 0.412. The van der Waals surface area contributed by atoms with Gasteiger partial charge in [-0.3, -0.25) is 9.78 Å². The molecular weight excluding hydrogens is 306 g/mol. The lowest BCUT2D eigenvalue weighted by Gasteiger charge is -2.35. The van der Waals surface area contributed by atoms with Crippen LogP contribution in [0.5, 0.6) is 0 Å².